The molecule has 0 radical (unpaired) electrons. The van der Waals surface area contributed by atoms with E-state index < -0.39 is 0 Å². The van der Waals surface area contributed by atoms with Gasteiger partial charge in [-0.3, -0.25) is 0 Å². The molecule has 0 aliphatic rings. The molecule has 2 aromatic rings. The molecule has 1 nitrogen and oxygen atoms in total. The molecule has 0 atom stereocenters. The first-order chi connectivity index (χ1) is 8.69. The summed E-state index contributed by atoms with van der Waals surface area (Å²) in [6.07, 6.45) is 2.08. The molecule has 2 rings (SSSR count). The average molecular weight is 278 g/mol. The predicted molar refractivity (Wildman–Crippen MR) is 81.7 cm³/mol. The Balaban J connectivity index is 1.99. The van der Waals surface area contributed by atoms with Crippen molar-refractivity contribution in [2.24, 2.45) is 0 Å². The molecule has 0 aliphatic carbocycles. The summed E-state index contributed by atoms with van der Waals surface area (Å²) in [4.78, 5) is 1.28. The Hall–Kier alpha value is -1.12. The van der Waals surface area contributed by atoms with E-state index in [0.29, 0.717) is 0 Å². The van der Waals surface area contributed by atoms with E-state index in [1.165, 1.54) is 10.5 Å². The molecule has 0 heterocycles. The monoisotopic (exact) mass is 277 g/mol. The second kappa shape index (κ2) is 6.17. The highest BCUT2D eigenvalue weighted by Crippen LogP contribution is 2.20. The van der Waals surface area contributed by atoms with Crippen molar-refractivity contribution in [2.45, 2.75) is 18.4 Å². The fourth-order valence-corrected chi connectivity index (χ4v) is 2.27. The number of aryl methyl sites for hydroxylation is 1. The third-order valence-corrected chi connectivity index (χ3v) is 3.97. The van der Waals surface area contributed by atoms with Crippen molar-refractivity contribution in [3.05, 3.63) is 58.6 Å². The fourth-order valence-electron chi connectivity index (χ4n) is 1.66. The van der Waals surface area contributed by atoms with Gasteiger partial charge < -0.3 is 5.32 Å². The highest BCUT2D eigenvalue weighted by atomic mass is 35.5. The number of halogens is 1. The molecule has 2 aromatic carbocycles. The zero-order valence-corrected chi connectivity index (χ0v) is 12.1. The van der Waals surface area contributed by atoms with Crippen molar-refractivity contribution in [1.82, 2.24) is 0 Å². The summed E-state index contributed by atoms with van der Waals surface area (Å²) in [6.45, 7) is 2.80. The zero-order chi connectivity index (χ0) is 13.0. The van der Waals surface area contributed by atoms with Crippen LogP contribution >= 0.6 is 23.4 Å². The molecular weight excluding hydrogens is 262 g/mol. The quantitative estimate of drug-likeness (QED) is 0.791. The second-order valence-corrected chi connectivity index (χ2v) is 5.45. The molecule has 0 fully saturated rings. The Morgan fingerprint density at radius 2 is 1.83 bits per heavy atom. The van der Waals surface area contributed by atoms with E-state index in [1.807, 2.05) is 13.0 Å². The number of nitrogens with one attached hydrogen (secondary N) is 1. The van der Waals surface area contributed by atoms with Gasteiger partial charge in [0.2, 0.25) is 0 Å². The number of hydrogen-bond donors (Lipinski definition) is 1. The van der Waals surface area contributed by atoms with Crippen molar-refractivity contribution in [3.8, 4) is 0 Å². The van der Waals surface area contributed by atoms with Crippen molar-refractivity contribution < 1.29 is 0 Å². The smallest absolute Gasteiger partial charge is 0.0438 e. The van der Waals surface area contributed by atoms with E-state index in [1.54, 1.807) is 11.8 Å². The van der Waals surface area contributed by atoms with Crippen molar-refractivity contribution in [1.29, 1.82) is 0 Å². The van der Waals surface area contributed by atoms with Gasteiger partial charge in [0.25, 0.3) is 0 Å². The van der Waals surface area contributed by atoms with Gasteiger partial charge >= 0.3 is 0 Å². The van der Waals surface area contributed by atoms with Crippen LogP contribution in [0.15, 0.2) is 47.4 Å². The van der Waals surface area contributed by atoms with Crippen molar-refractivity contribution in [3.63, 3.8) is 0 Å². The lowest BCUT2D eigenvalue weighted by molar-refractivity contribution is 1.14. The maximum Gasteiger partial charge on any atom is 0.0438 e. The summed E-state index contributed by atoms with van der Waals surface area (Å²) < 4.78 is 0. The van der Waals surface area contributed by atoms with Crippen LogP contribution in [0.2, 0.25) is 5.02 Å². The molecule has 0 amide bonds. The minimum absolute atomic E-state index is 0.790. The third kappa shape index (κ3) is 3.44. The fraction of sp³-hybridized carbons (Fsp3) is 0.200. The van der Waals surface area contributed by atoms with Crippen LogP contribution in [0.1, 0.15) is 11.1 Å². The van der Waals surface area contributed by atoms with Crippen LogP contribution in [0.3, 0.4) is 0 Å². The van der Waals surface area contributed by atoms with E-state index in [4.69, 9.17) is 11.6 Å². The topological polar surface area (TPSA) is 12.0 Å². The second-order valence-electron chi connectivity index (χ2n) is 4.17. The standard InChI is InChI=1S/C15H16ClNS/c1-11-3-4-12(9-15(11)16)10-17-13-5-7-14(18-2)8-6-13/h3-9,17H,10H2,1-2H3. The Labute approximate surface area is 118 Å². The maximum atomic E-state index is 6.10. The Kier molecular flexibility index (Phi) is 4.56. The summed E-state index contributed by atoms with van der Waals surface area (Å²) in [6, 6.07) is 14.6. The van der Waals surface area contributed by atoms with E-state index in [-0.39, 0.29) is 0 Å². The summed E-state index contributed by atoms with van der Waals surface area (Å²) >= 11 is 7.85. The molecule has 3 heteroatoms. The first kappa shape index (κ1) is 13.3. The maximum absolute atomic E-state index is 6.10. The minimum atomic E-state index is 0.790. The summed E-state index contributed by atoms with van der Waals surface area (Å²) in [5.41, 5.74) is 3.44. The van der Waals surface area contributed by atoms with Gasteiger partial charge in [0.15, 0.2) is 0 Å². The van der Waals surface area contributed by atoms with Crippen LogP contribution in [0, 0.1) is 6.92 Å². The van der Waals surface area contributed by atoms with Gasteiger partial charge in [0.05, 0.1) is 0 Å². The Morgan fingerprint density at radius 3 is 2.44 bits per heavy atom. The van der Waals surface area contributed by atoms with Gasteiger partial charge in [-0.25, -0.2) is 0 Å². The van der Waals surface area contributed by atoms with E-state index in [0.717, 1.165) is 22.8 Å². The Morgan fingerprint density at radius 1 is 1.11 bits per heavy atom. The third-order valence-electron chi connectivity index (χ3n) is 2.82. The molecular formula is C15H16ClNS. The van der Waals surface area contributed by atoms with Crippen molar-refractivity contribution in [2.75, 3.05) is 11.6 Å². The summed E-state index contributed by atoms with van der Waals surface area (Å²) in [7, 11) is 0. The molecule has 0 spiro atoms. The molecule has 1 N–H and O–H groups in total. The van der Waals surface area contributed by atoms with Gasteiger partial charge in [-0.2, -0.15) is 0 Å². The van der Waals surface area contributed by atoms with Gasteiger partial charge in [0.1, 0.15) is 0 Å². The lowest BCUT2D eigenvalue weighted by Gasteiger charge is -2.08. The minimum Gasteiger partial charge on any atom is -0.381 e. The molecule has 0 unspecified atom stereocenters. The summed E-state index contributed by atoms with van der Waals surface area (Å²) in [5.74, 6) is 0. The lowest BCUT2D eigenvalue weighted by Crippen LogP contribution is -1.99. The highest BCUT2D eigenvalue weighted by Gasteiger charge is 1.98. The van der Waals surface area contributed by atoms with E-state index in [9.17, 15) is 0 Å². The van der Waals surface area contributed by atoms with Crippen LogP contribution in [0.25, 0.3) is 0 Å². The van der Waals surface area contributed by atoms with Crippen LogP contribution in [0.4, 0.5) is 5.69 Å². The predicted octanol–water partition coefficient (Wildman–Crippen LogP) is 4.98. The average Bonchev–Trinajstić information content (AvgIpc) is 2.41. The number of anilines is 1. The molecule has 0 bridgehead atoms. The normalized spacial score (nSPS) is 10.4. The van der Waals surface area contributed by atoms with Gasteiger partial charge in [-0.15, -0.1) is 11.8 Å². The van der Waals surface area contributed by atoms with Crippen LogP contribution in [0.5, 0.6) is 0 Å². The van der Waals surface area contributed by atoms with Crippen molar-refractivity contribution >= 4 is 29.1 Å². The molecule has 18 heavy (non-hydrogen) atoms. The van der Waals surface area contributed by atoms with Crippen LogP contribution in [-0.2, 0) is 6.54 Å². The number of benzene rings is 2. The first-order valence-electron chi connectivity index (χ1n) is 5.82. The highest BCUT2D eigenvalue weighted by molar-refractivity contribution is 7.98. The zero-order valence-electron chi connectivity index (χ0n) is 10.5. The number of rotatable bonds is 4. The SMILES string of the molecule is CSc1ccc(NCc2ccc(C)c(Cl)c2)cc1. The van der Waals surface area contributed by atoms with Gasteiger partial charge in [-0.1, -0.05) is 23.7 Å². The molecule has 0 saturated heterocycles. The van der Waals surface area contributed by atoms with E-state index in [2.05, 4.69) is 48.0 Å². The summed E-state index contributed by atoms with van der Waals surface area (Å²) in [5, 5.41) is 4.22. The van der Waals surface area contributed by atoms with Crippen LogP contribution in [-0.4, -0.2) is 6.26 Å². The molecule has 94 valence electrons. The molecule has 0 saturated carbocycles. The lowest BCUT2D eigenvalue weighted by atomic mass is 10.1. The Bertz CT molecular complexity index is 523. The van der Waals surface area contributed by atoms with Gasteiger partial charge in [-0.05, 0) is 54.6 Å². The largest absolute Gasteiger partial charge is 0.381 e. The molecule has 0 aromatic heterocycles. The number of hydrogen-bond acceptors (Lipinski definition) is 2. The number of thioether (sulfide) groups is 1. The van der Waals surface area contributed by atoms with E-state index >= 15 is 0 Å². The molecule has 0 aliphatic heterocycles. The van der Waals surface area contributed by atoms with Gasteiger partial charge in [0, 0.05) is 22.2 Å². The first-order valence-corrected chi connectivity index (χ1v) is 7.42. The van der Waals surface area contributed by atoms with Crippen LogP contribution < -0.4 is 5.32 Å².